The Labute approximate surface area is 614 Å². The number of nitrogens with one attached hydrogen (secondary N) is 4. The highest BCUT2D eigenvalue weighted by Crippen LogP contribution is 2.58. The van der Waals surface area contributed by atoms with E-state index in [9.17, 15) is 24.0 Å². The van der Waals surface area contributed by atoms with Crippen molar-refractivity contribution in [3.05, 3.63) is 186 Å². The fraction of sp³-hybridized carbons (Fsp3) is 0.440. The largest absolute Gasteiger partial charge is 0.477 e. The molecule has 2 atom stereocenters. The number of carbonyl (C=O) groups is 5. The molecule has 2 amide bonds. The van der Waals surface area contributed by atoms with E-state index in [1.54, 1.807) is 29.8 Å². The van der Waals surface area contributed by atoms with Crippen LogP contribution in [0.3, 0.4) is 0 Å². The normalized spacial score (nSPS) is 28.3. The Hall–Kier alpha value is -5.01. The Bertz CT molecular complexity index is 4020. The van der Waals surface area contributed by atoms with Gasteiger partial charge in [-0.2, -0.15) is 0 Å². The van der Waals surface area contributed by atoms with Crippen LogP contribution in [0, 0.1) is 28.1 Å². The maximum absolute atomic E-state index is 12.3. The molecule has 6 fully saturated rings. The predicted octanol–water partition coefficient (Wildman–Crippen LogP) is 20.8. The number of nitrogens with zero attached hydrogens (tertiary/aromatic N) is 1. The summed E-state index contributed by atoms with van der Waals surface area (Å²) in [4.78, 5) is 63.0. The maximum Gasteiger partial charge on any atom is 0.345 e. The lowest BCUT2D eigenvalue weighted by Gasteiger charge is -2.52. The van der Waals surface area contributed by atoms with Crippen LogP contribution in [-0.2, 0) is 9.59 Å². The van der Waals surface area contributed by atoms with Gasteiger partial charge in [-0.15, -0.1) is 34.0 Å². The number of hydrogen-bond acceptors (Lipinski definition) is 12. The molecule has 512 valence electrons. The third kappa shape index (κ3) is 16.8. The molecule has 12 nitrogen and oxygen atoms in total. The number of hydrogen-bond donors (Lipinski definition) is 6. The van der Waals surface area contributed by atoms with Crippen LogP contribution in [0.15, 0.2) is 142 Å². The van der Waals surface area contributed by atoms with Crippen molar-refractivity contribution in [3.8, 4) is 0 Å². The van der Waals surface area contributed by atoms with Gasteiger partial charge in [0.1, 0.15) is 25.0 Å². The summed E-state index contributed by atoms with van der Waals surface area (Å²) in [5.74, 6) is 1.53. The Morgan fingerprint density at radius 1 is 0.474 bits per heavy atom. The summed E-state index contributed by atoms with van der Waals surface area (Å²) < 4.78 is 1.85. The minimum absolute atomic E-state index is 0.0219. The summed E-state index contributed by atoms with van der Waals surface area (Å²) in [5, 5.41) is 21.6. The Balaban J connectivity index is 0.000000122. The summed E-state index contributed by atoms with van der Waals surface area (Å²) in [6.07, 6.45) is 27.6. The number of benzene rings is 3. The average Bonchev–Trinajstić information content (AvgIpc) is 1.01. The number of thiophene rings is 3. The number of amides is 2. The minimum atomic E-state index is -0.924. The molecule has 0 radical (unpaired) electrons. The Kier molecular flexibility index (Phi) is 23.3. The second kappa shape index (κ2) is 31.5. The van der Waals surface area contributed by atoms with Gasteiger partial charge in [-0.25, -0.2) is 4.79 Å². The van der Waals surface area contributed by atoms with Crippen LogP contribution in [0.5, 0.6) is 0 Å². The summed E-state index contributed by atoms with van der Waals surface area (Å²) in [6, 6.07) is 39.9. The van der Waals surface area contributed by atoms with Crippen molar-refractivity contribution in [2.75, 3.05) is 23.7 Å². The van der Waals surface area contributed by atoms with Crippen molar-refractivity contribution in [1.29, 1.82) is 0 Å². The predicted molar refractivity (Wildman–Crippen MR) is 399 cm³/mol. The standard InChI is InChI=1S/C23H27ClN2OS.C23H23ClN2OS.C18H26N2.C6Cl4O2.C5H3ClO2S/c2*24-21-6-5-20(28-21)22(27)26-16-13-23(14-16)10-7-15(8-11-23)17-9-12-25-19-4-2-1-3-18(17)19;19-14-11-18(12-14)8-5-13(6-9-18)15-7-10-20-17-4-2-1-3-16(15)17;7-1-2(8)6(12)4(10)3(9)5(1)11;6-4-2-1-3(9-4)5(7)8/h1-6,15-17,25H,7-14H2,(H,26,27);1-6,9,12,15-16H,7-8,10-11,13-14H2,(H,26,27);1-4,13-15,20H,5-12,19H2;;1-2H,(H,7,8). The van der Waals surface area contributed by atoms with E-state index >= 15 is 0 Å². The SMILES string of the molecule is NC1CC2(CCC(C3CCNc4ccccc43)CC2)C1.O=C(NC1CC2(CCC(C3CCNc4ccccc43)CC2)C1)c1ccc(Cl)s1.O=C(NC1CC2(CCC(c3ccnc4ccccc34)CC2)C1)c1ccc(Cl)s1.O=C(O)c1ccc(Cl)s1.O=C1C(Cl)=C(Cl)C(=O)C(Cl)=C1Cl. The van der Waals surface area contributed by atoms with Crippen LogP contribution in [0.4, 0.5) is 11.4 Å². The van der Waals surface area contributed by atoms with Crippen LogP contribution in [-0.4, -0.2) is 70.7 Å². The number of Topliss-reactive ketones (excluding diaryl/α,β-unsaturated/α-hetero) is 2. The first-order chi connectivity index (χ1) is 46.7. The van der Waals surface area contributed by atoms with Gasteiger partial charge >= 0.3 is 5.97 Å². The summed E-state index contributed by atoms with van der Waals surface area (Å²) in [7, 11) is 0. The van der Waals surface area contributed by atoms with Gasteiger partial charge in [0.15, 0.2) is 0 Å². The molecule has 6 saturated carbocycles. The number of aromatic nitrogens is 1. The average molecular weight is 1500 g/mol. The fourth-order valence-electron chi connectivity index (χ4n) is 17.2. The van der Waals surface area contributed by atoms with E-state index in [0.717, 1.165) is 78.3 Å². The number of carboxylic acids is 1. The van der Waals surface area contributed by atoms with Crippen LogP contribution in [0.2, 0.25) is 13.0 Å². The van der Waals surface area contributed by atoms with E-state index in [-0.39, 0.29) is 16.7 Å². The van der Waals surface area contributed by atoms with E-state index in [1.807, 2.05) is 12.3 Å². The molecule has 16 rings (SSSR count). The third-order valence-corrected chi connectivity index (χ3v) is 27.4. The van der Waals surface area contributed by atoms with Gasteiger partial charge in [-0.05, 0) is 252 Å². The molecule has 97 heavy (non-hydrogen) atoms. The molecule has 3 spiro atoms. The van der Waals surface area contributed by atoms with Crippen molar-refractivity contribution >= 4 is 167 Å². The molecule has 9 aliphatic rings. The van der Waals surface area contributed by atoms with Gasteiger partial charge in [-0.3, -0.25) is 24.2 Å². The highest BCUT2D eigenvalue weighted by molar-refractivity contribution is 7.18. The highest BCUT2D eigenvalue weighted by atomic mass is 35.5. The number of halogens is 7. The zero-order valence-corrected chi connectivity index (χ0v) is 61.3. The molecular weight excluding hydrogens is 1430 g/mol. The zero-order valence-electron chi connectivity index (χ0n) is 53.6. The van der Waals surface area contributed by atoms with Gasteiger partial charge in [0.2, 0.25) is 11.6 Å². The van der Waals surface area contributed by atoms with Gasteiger partial charge in [0.05, 0.1) is 28.3 Å². The molecule has 7 aliphatic carbocycles. The number of anilines is 2. The molecular formula is C75H79Cl7N6O6S3. The highest BCUT2D eigenvalue weighted by Gasteiger charge is 2.50. The molecule has 4 aromatic heterocycles. The lowest BCUT2D eigenvalue weighted by atomic mass is 9.55. The van der Waals surface area contributed by atoms with Crippen LogP contribution in [0.25, 0.3) is 10.9 Å². The van der Waals surface area contributed by atoms with Gasteiger partial charge in [-0.1, -0.05) is 136 Å². The third-order valence-electron chi connectivity index (χ3n) is 22.1. The summed E-state index contributed by atoms with van der Waals surface area (Å²) >= 11 is 42.6. The first-order valence-electron chi connectivity index (χ1n) is 33.7. The molecule has 2 aliphatic heterocycles. The molecule has 2 unspecified atom stereocenters. The van der Waals surface area contributed by atoms with E-state index in [4.69, 9.17) is 92.0 Å². The monoisotopic (exact) mass is 1500 g/mol. The number of para-hydroxylation sites is 3. The quantitative estimate of drug-likeness (QED) is 0.0798. The summed E-state index contributed by atoms with van der Waals surface area (Å²) in [5.41, 5.74) is 16.0. The van der Waals surface area contributed by atoms with Crippen LogP contribution in [0.1, 0.15) is 192 Å². The molecule has 7 N–H and O–H groups in total. The number of fused-ring (bicyclic) bond motifs is 3. The zero-order chi connectivity index (χ0) is 68.2. The molecule has 6 heterocycles. The topological polar surface area (TPSA) is 193 Å². The molecule has 0 bridgehead atoms. The van der Waals surface area contributed by atoms with Crippen LogP contribution >= 0.6 is 115 Å². The van der Waals surface area contributed by atoms with Gasteiger partial charge in [0, 0.05) is 54.2 Å². The first-order valence-corrected chi connectivity index (χ1v) is 38.8. The van der Waals surface area contributed by atoms with Gasteiger partial charge in [0.25, 0.3) is 11.8 Å². The number of pyridine rings is 1. The second-order valence-electron chi connectivity index (χ2n) is 28.0. The fourth-order valence-corrected chi connectivity index (χ4v) is 20.8. The van der Waals surface area contributed by atoms with Crippen LogP contribution < -0.4 is 27.0 Å². The van der Waals surface area contributed by atoms with E-state index in [2.05, 4.69) is 105 Å². The Morgan fingerprint density at radius 2 is 0.866 bits per heavy atom. The summed E-state index contributed by atoms with van der Waals surface area (Å²) in [6.45, 7) is 2.25. The number of aromatic carboxylic acids is 1. The van der Waals surface area contributed by atoms with Crippen molar-refractivity contribution in [2.45, 2.75) is 164 Å². The van der Waals surface area contributed by atoms with Crippen molar-refractivity contribution in [2.24, 2.45) is 33.8 Å². The van der Waals surface area contributed by atoms with Crippen molar-refractivity contribution < 1.29 is 29.1 Å². The van der Waals surface area contributed by atoms with Crippen molar-refractivity contribution in [3.63, 3.8) is 0 Å². The van der Waals surface area contributed by atoms with Crippen molar-refractivity contribution in [1.82, 2.24) is 15.6 Å². The van der Waals surface area contributed by atoms with E-state index in [0.29, 0.717) is 64.1 Å². The second-order valence-corrected chi connectivity index (χ2v) is 34.7. The molecule has 7 aromatic rings. The lowest BCUT2D eigenvalue weighted by Crippen LogP contribution is -2.52. The lowest BCUT2D eigenvalue weighted by molar-refractivity contribution is -0.114. The Morgan fingerprint density at radius 3 is 1.27 bits per heavy atom. The van der Waals surface area contributed by atoms with E-state index < -0.39 is 37.7 Å². The molecule has 3 aromatic carbocycles. The smallest absolute Gasteiger partial charge is 0.345 e. The number of carbonyl (C=O) groups excluding carboxylic acids is 4. The van der Waals surface area contributed by atoms with Gasteiger partial charge < -0.3 is 32.1 Å². The number of nitrogens with two attached hydrogens (primary N) is 1. The minimum Gasteiger partial charge on any atom is -0.477 e. The maximum atomic E-state index is 12.3. The number of ketones is 2. The number of rotatable bonds is 8. The molecule has 0 saturated heterocycles. The first kappa shape index (κ1) is 71.8. The molecule has 22 heteroatoms. The van der Waals surface area contributed by atoms with E-state index in [1.165, 1.54) is 159 Å². The number of carboxylic acid groups (broad SMARTS) is 1. The number of allylic oxidation sites excluding steroid dienone is 4.